The molecule has 0 saturated carbocycles. The van der Waals surface area contributed by atoms with Crippen LogP contribution < -0.4 is 10.9 Å². The van der Waals surface area contributed by atoms with Crippen molar-refractivity contribution in [2.45, 2.75) is 30.3 Å². The van der Waals surface area contributed by atoms with E-state index in [0.717, 1.165) is 5.69 Å². The highest BCUT2D eigenvalue weighted by Crippen LogP contribution is 2.26. The quantitative estimate of drug-likeness (QED) is 0.345. The van der Waals surface area contributed by atoms with Crippen molar-refractivity contribution in [1.82, 2.24) is 9.55 Å². The Balaban J connectivity index is 1.96. The molecule has 1 heterocycles. The van der Waals surface area contributed by atoms with Gasteiger partial charge in [-0.1, -0.05) is 54.6 Å². The van der Waals surface area contributed by atoms with Crippen LogP contribution in [0.5, 0.6) is 0 Å². The molecule has 0 spiro atoms. The minimum Gasteiger partial charge on any atom is -0.325 e. The molecule has 0 fully saturated rings. The van der Waals surface area contributed by atoms with Crippen LogP contribution in [0.3, 0.4) is 0 Å². The number of anilines is 1. The molecular formula is C21H20ClN3O2S. The van der Waals surface area contributed by atoms with E-state index in [9.17, 15) is 9.59 Å². The van der Waals surface area contributed by atoms with Crippen LogP contribution in [0, 0.1) is 0 Å². The fraction of sp³-hybridized carbons (Fsp3) is 0.190. The Labute approximate surface area is 172 Å². The average molecular weight is 414 g/mol. The number of thioether (sulfide) groups is 1. The van der Waals surface area contributed by atoms with Crippen molar-refractivity contribution in [2.24, 2.45) is 0 Å². The number of carbonyl (C=O) groups excluding carboxylic acids is 1. The first-order valence-corrected chi connectivity index (χ1v) is 10.1. The second-order valence-corrected chi connectivity index (χ2v) is 7.74. The number of hydrogen-bond acceptors (Lipinski definition) is 4. The Morgan fingerprint density at radius 3 is 2.75 bits per heavy atom. The molecule has 0 aliphatic heterocycles. The van der Waals surface area contributed by atoms with Gasteiger partial charge in [0.1, 0.15) is 0 Å². The Bertz CT molecular complexity index is 1070. The standard InChI is InChI=1S/C21H20ClN3O2S/c1-3-12-25-20(27)16-11-10-14(22)13-17(16)24-21(25)28-18(4-2)19(26)23-15-8-6-5-7-9-15/h3,5-11,13,18H,1,4,12H2,2H3,(H,23,26). The molecule has 1 atom stereocenters. The van der Waals surface area contributed by atoms with Crippen molar-refractivity contribution in [1.29, 1.82) is 0 Å². The number of para-hydroxylation sites is 1. The van der Waals surface area contributed by atoms with Crippen LogP contribution in [0.15, 0.2) is 71.1 Å². The van der Waals surface area contributed by atoms with E-state index < -0.39 is 5.25 Å². The van der Waals surface area contributed by atoms with Gasteiger partial charge >= 0.3 is 0 Å². The van der Waals surface area contributed by atoms with Crippen LogP contribution in [0.2, 0.25) is 5.02 Å². The summed E-state index contributed by atoms with van der Waals surface area (Å²) in [5, 5.41) is 3.96. The minimum atomic E-state index is -0.403. The number of carbonyl (C=O) groups is 1. The molecular weight excluding hydrogens is 394 g/mol. The van der Waals surface area contributed by atoms with Crippen LogP contribution in [0.25, 0.3) is 10.9 Å². The predicted octanol–water partition coefficient (Wildman–Crippen LogP) is 4.75. The second-order valence-electron chi connectivity index (χ2n) is 6.13. The molecule has 1 amide bonds. The Morgan fingerprint density at radius 1 is 1.32 bits per heavy atom. The molecule has 144 valence electrons. The first-order chi connectivity index (χ1) is 13.5. The van der Waals surface area contributed by atoms with E-state index in [1.54, 1.807) is 24.3 Å². The lowest BCUT2D eigenvalue weighted by Gasteiger charge is -2.17. The predicted molar refractivity (Wildman–Crippen MR) is 116 cm³/mol. The lowest BCUT2D eigenvalue weighted by atomic mass is 10.2. The van der Waals surface area contributed by atoms with E-state index in [4.69, 9.17) is 11.6 Å². The molecule has 0 aliphatic carbocycles. The SMILES string of the molecule is C=CCn1c(SC(CC)C(=O)Nc2ccccc2)nc2cc(Cl)ccc2c1=O. The number of amides is 1. The summed E-state index contributed by atoms with van der Waals surface area (Å²) in [4.78, 5) is 30.2. The third-order valence-corrected chi connectivity index (χ3v) is 5.74. The van der Waals surface area contributed by atoms with Gasteiger partial charge in [-0.2, -0.15) is 0 Å². The number of benzene rings is 2. The van der Waals surface area contributed by atoms with E-state index in [1.165, 1.54) is 16.3 Å². The molecule has 7 heteroatoms. The van der Waals surface area contributed by atoms with Crippen LogP contribution in [-0.2, 0) is 11.3 Å². The maximum absolute atomic E-state index is 12.9. The normalized spacial score (nSPS) is 11.9. The largest absolute Gasteiger partial charge is 0.325 e. The summed E-state index contributed by atoms with van der Waals surface area (Å²) in [7, 11) is 0. The first kappa shape index (κ1) is 20.2. The number of nitrogens with zero attached hydrogens (tertiary/aromatic N) is 2. The zero-order valence-electron chi connectivity index (χ0n) is 15.4. The zero-order chi connectivity index (χ0) is 20.1. The second kappa shape index (κ2) is 9.08. The highest BCUT2D eigenvalue weighted by molar-refractivity contribution is 8.00. The lowest BCUT2D eigenvalue weighted by Crippen LogP contribution is -2.28. The van der Waals surface area contributed by atoms with Crippen LogP contribution in [0.4, 0.5) is 5.69 Å². The number of fused-ring (bicyclic) bond motifs is 1. The summed E-state index contributed by atoms with van der Waals surface area (Å²) in [5.41, 5.74) is 1.06. The molecule has 1 unspecified atom stereocenters. The fourth-order valence-corrected chi connectivity index (χ4v) is 3.94. The van der Waals surface area contributed by atoms with Crippen molar-refractivity contribution in [3.05, 3.63) is 76.6 Å². The van der Waals surface area contributed by atoms with E-state index in [-0.39, 0.29) is 11.5 Å². The van der Waals surface area contributed by atoms with Crippen LogP contribution in [-0.4, -0.2) is 20.7 Å². The number of hydrogen-bond donors (Lipinski definition) is 1. The van der Waals surface area contributed by atoms with Crippen molar-refractivity contribution in [3.63, 3.8) is 0 Å². The Hall–Kier alpha value is -2.57. The molecule has 0 bridgehead atoms. The molecule has 28 heavy (non-hydrogen) atoms. The maximum atomic E-state index is 12.9. The van der Waals surface area contributed by atoms with Crippen molar-refractivity contribution in [3.8, 4) is 0 Å². The van der Waals surface area contributed by atoms with E-state index in [1.807, 2.05) is 37.3 Å². The number of aromatic nitrogens is 2. The van der Waals surface area contributed by atoms with E-state index >= 15 is 0 Å². The Morgan fingerprint density at radius 2 is 2.07 bits per heavy atom. The van der Waals surface area contributed by atoms with Gasteiger partial charge < -0.3 is 5.32 Å². The molecule has 1 N–H and O–H groups in total. The van der Waals surface area contributed by atoms with Crippen molar-refractivity contribution >= 4 is 45.9 Å². The van der Waals surface area contributed by atoms with Gasteiger partial charge in [0, 0.05) is 17.3 Å². The summed E-state index contributed by atoms with van der Waals surface area (Å²) in [5.74, 6) is -0.135. The lowest BCUT2D eigenvalue weighted by molar-refractivity contribution is -0.115. The molecule has 2 aromatic carbocycles. The van der Waals surface area contributed by atoms with Crippen LogP contribution in [0.1, 0.15) is 13.3 Å². The van der Waals surface area contributed by atoms with Gasteiger partial charge in [-0.3, -0.25) is 14.2 Å². The number of allylic oxidation sites excluding steroid dienone is 1. The van der Waals surface area contributed by atoms with Gasteiger partial charge in [-0.15, -0.1) is 6.58 Å². The molecule has 3 rings (SSSR count). The van der Waals surface area contributed by atoms with E-state index in [2.05, 4.69) is 16.9 Å². The van der Waals surface area contributed by atoms with Crippen LogP contribution >= 0.6 is 23.4 Å². The summed E-state index contributed by atoms with van der Waals surface area (Å²) in [6.07, 6.45) is 2.22. The molecule has 5 nitrogen and oxygen atoms in total. The molecule has 3 aromatic rings. The topological polar surface area (TPSA) is 64.0 Å². The van der Waals surface area contributed by atoms with Gasteiger partial charge in [0.25, 0.3) is 5.56 Å². The van der Waals surface area contributed by atoms with Gasteiger partial charge in [-0.25, -0.2) is 4.98 Å². The summed E-state index contributed by atoms with van der Waals surface area (Å²) < 4.78 is 1.53. The van der Waals surface area contributed by atoms with Gasteiger partial charge in [0.15, 0.2) is 5.16 Å². The molecule has 0 radical (unpaired) electrons. The maximum Gasteiger partial charge on any atom is 0.262 e. The molecule has 0 aliphatic rings. The van der Waals surface area contributed by atoms with Gasteiger partial charge in [0.05, 0.1) is 16.2 Å². The van der Waals surface area contributed by atoms with Crippen molar-refractivity contribution < 1.29 is 4.79 Å². The smallest absolute Gasteiger partial charge is 0.262 e. The Kier molecular flexibility index (Phi) is 6.54. The third kappa shape index (κ3) is 4.46. The molecule has 1 aromatic heterocycles. The van der Waals surface area contributed by atoms with E-state index in [0.29, 0.717) is 34.0 Å². The first-order valence-electron chi connectivity index (χ1n) is 8.87. The highest BCUT2D eigenvalue weighted by atomic mass is 35.5. The highest BCUT2D eigenvalue weighted by Gasteiger charge is 2.22. The minimum absolute atomic E-state index is 0.135. The van der Waals surface area contributed by atoms with Crippen molar-refractivity contribution in [2.75, 3.05) is 5.32 Å². The molecule has 0 saturated heterocycles. The van der Waals surface area contributed by atoms with Gasteiger partial charge in [0.2, 0.25) is 5.91 Å². The summed E-state index contributed by atoms with van der Waals surface area (Å²) >= 11 is 7.33. The summed E-state index contributed by atoms with van der Waals surface area (Å²) in [6.45, 7) is 5.96. The third-order valence-electron chi connectivity index (χ3n) is 4.15. The fourth-order valence-electron chi connectivity index (χ4n) is 2.75. The number of nitrogens with one attached hydrogen (secondary N) is 1. The number of rotatable bonds is 7. The zero-order valence-corrected chi connectivity index (χ0v) is 17.0. The average Bonchev–Trinajstić information content (AvgIpc) is 2.69. The summed E-state index contributed by atoms with van der Waals surface area (Å²) in [6, 6.07) is 14.3. The number of halogens is 1. The van der Waals surface area contributed by atoms with Gasteiger partial charge in [-0.05, 0) is 36.8 Å². The monoisotopic (exact) mass is 413 g/mol.